The predicted octanol–water partition coefficient (Wildman–Crippen LogP) is 1.97. The molecule has 3 nitrogen and oxygen atoms in total. The summed E-state index contributed by atoms with van der Waals surface area (Å²) in [6.45, 7) is 3.81. The Kier molecular flexibility index (Phi) is 3.77. The Morgan fingerprint density at radius 2 is 1.93 bits per heavy atom. The van der Waals surface area contributed by atoms with Gasteiger partial charge in [0.05, 0.1) is 25.4 Å². The molecule has 0 saturated heterocycles. The van der Waals surface area contributed by atoms with E-state index in [1.54, 1.807) is 13.2 Å². The van der Waals surface area contributed by atoms with Gasteiger partial charge >= 0.3 is 0 Å². The molecule has 0 aromatic heterocycles. The summed E-state index contributed by atoms with van der Waals surface area (Å²) in [4.78, 5) is 0. The number of benzene rings is 1. The van der Waals surface area contributed by atoms with Crippen molar-refractivity contribution in [1.82, 2.24) is 0 Å². The SMILES string of the molecule is COc1cccc(OC(C)C)c1CO. The molecular formula is C11H16O3. The molecule has 0 aliphatic rings. The van der Waals surface area contributed by atoms with Crippen LogP contribution in [0.3, 0.4) is 0 Å². The van der Waals surface area contributed by atoms with Gasteiger partial charge in [0.2, 0.25) is 0 Å². The Labute approximate surface area is 84.3 Å². The Balaban J connectivity index is 3.02. The smallest absolute Gasteiger partial charge is 0.128 e. The summed E-state index contributed by atoms with van der Waals surface area (Å²) in [5.74, 6) is 1.34. The normalized spacial score (nSPS) is 10.4. The van der Waals surface area contributed by atoms with Crippen LogP contribution in [0.15, 0.2) is 18.2 Å². The highest BCUT2D eigenvalue weighted by molar-refractivity contribution is 5.44. The van der Waals surface area contributed by atoms with E-state index in [2.05, 4.69) is 0 Å². The molecule has 0 atom stereocenters. The van der Waals surface area contributed by atoms with Gasteiger partial charge in [-0.25, -0.2) is 0 Å². The summed E-state index contributed by atoms with van der Waals surface area (Å²) in [7, 11) is 1.58. The van der Waals surface area contributed by atoms with Crippen LogP contribution in [0, 0.1) is 0 Å². The maximum Gasteiger partial charge on any atom is 0.128 e. The van der Waals surface area contributed by atoms with Crippen LogP contribution in [0.1, 0.15) is 19.4 Å². The van der Waals surface area contributed by atoms with E-state index in [9.17, 15) is 5.11 Å². The highest BCUT2D eigenvalue weighted by Gasteiger charge is 2.09. The number of aliphatic hydroxyl groups is 1. The Bertz CT molecular complexity index is 295. The van der Waals surface area contributed by atoms with Crippen molar-refractivity contribution in [3.8, 4) is 11.5 Å². The van der Waals surface area contributed by atoms with E-state index in [1.807, 2.05) is 26.0 Å². The van der Waals surface area contributed by atoms with Gasteiger partial charge in [0, 0.05) is 0 Å². The second-order valence-corrected chi connectivity index (χ2v) is 3.26. The standard InChI is InChI=1S/C11H16O3/c1-8(2)14-11-6-4-5-10(13-3)9(11)7-12/h4-6,8,12H,7H2,1-3H3. The van der Waals surface area contributed by atoms with Crippen molar-refractivity contribution in [3.63, 3.8) is 0 Å². The summed E-state index contributed by atoms with van der Waals surface area (Å²) >= 11 is 0. The van der Waals surface area contributed by atoms with Crippen LogP contribution < -0.4 is 9.47 Å². The minimum Gasteiger partial charge on any atom is -0.496 e. The number of methoxy groups -OCH3 is 1. The van der Waals surface area contributed by atoms with Gasteiger partial charge < -0.3 is 14.6 Å². The largest absolute Gasteiger partial charge is 0.496 e. The molecule has 78 valence electrons. The van der Waals surface area contributed by atoms with Gasteiger partial charge in [-0.1, -0.05) is 6.07 Å². The molecule has 0 saturated carbocycles. The fourth-order valence-electron chi connectivity index (χ4n) is 1.26. The first-order valence-corrected chi connectivity index (χ1v) is 4.62. The first kappa shape index (κ1) is 10.9. The average molecular weight is 196 g/mol. The van der Waals surface area contributed by atoms with Crippen molar-refractivity contribution in [2.24, 2.45) is 0 Å². The molecule has 3 heteroatoms. The van der Waals surface area contributed by atoms with Crippen molar-refractivity contribution < 1.29 is 14.6 Å². The van der Waals surface area contributed by atoms with Crippen LogP contribution in [-0.2, 0) is 6.61 Å². The lowest BCUT2D eigenvalue weighted by Gasteiger charge is -2.15. The number of hydrogen-bond acceptors (Lipinski definition) is 3. The molecule has 0 amide bonds. The van der Waals surface area contributed by atoms with Crippen LogP contribution in [0.25, 0.3) is 0 Å². The van der Waals surface area contributed by atoms with Crippen LogP contribution in [-0.4, -0.2) is 18.3 Å². The molecule has 0 aliphatic carbocycles. The third kappa shape index (κ3) is 2.39. The number of ether oxygens (including phenoxy) is 2. The third-order valence-corrected chi connectivity index (χ3v) is 1.83. The third-order valence-electron chi connectivity index (χ3n) is 1.83. The molecule has 14 heavy (non-hydrogen) atoms. The van der Waals surface area contributed by atoms with Gasteiger partial charge in [-0.15, -0.1) is 0 Å². The molecule has 0 unspecified atom stereocenters. The molecule has 0 heterocycles. The van der Waals surface area contributed by atoms with E-state index in [0.29, 0.717) is 17.1 Å². The van der Waals surface area contributed by atoms with Crippen molar-refractivity contribution in [2.75, 3.05) is 7.11 Å². The summed E-state index contributed by atoms with van der Waals surface area (Å²) in [5, 5.41) is 9.18. The van der Waals surface area contributed by atoms with Crippen molar-refractivity contribution in [1.29, 1.82) is 0 Å². The van der Waals surface area contributed by atoms with E-state index in [0.717, 1.165) is 0 Å². The molecule has 1 aromatic rings. The predicted molar refractivity (Wildman–Crippen MR) is 54.7 cm³/mol. The van der Waals surface area contributed by atoms with E-state index in [-0.39, 0.29) is 12.7 Å². The molecule has 1 rings (SSSR count). The van der Waals surface area contributed by atoms with Gasteiger partial charge in [0.25, 0.3) is 0 Å². The van der Waals surface area contributed by atoms with Crippen molar-refractivity contribution in [2.45, 2.75) is 26.6 Å². The second kappa shape index (κ2) is 4.86. The van der Waals surface area contributed by atoms with Crippen LogP contribution in [0.5, 0.6) is 11.5 Å². The molecule has 0 spiro atoms. The fourth-order valence-corrected chi connectivity index (χ4v) is 1.26. The highest BCUT2D eigenvalue weighted by Crippen LogP contribution is 2.28. The van der Waals surface area contributed by atoms with Gasteiger partial charge in [-0.2, -0.15) is 0 Å². The molecule has 1 N–H and O–H groups in total. The zero-order valence-corrected chi connectivity index (χ0v) is 8.78. The maximum absolute atomic E-state index is 9.18. The Hall–Kier alpha value is -1.22. The van der Waals surface area contributed by atoms with E-state index in [4.69, 9.17) is 9.47 Å². The van der Waals surface area contributed by atoms with Crippen LogP contribution >= 0.6 is 0 Å². The van der Waals surface area contributed by atoms with E-state index >= 15 is 0 Å². The van der Waals surface area contributed by atoms with Crippen LogP contribution in [0.2, 0.25) is 0 Å². The van der Waals surface area contributed by atoms with Gasteiger partial charge in [0.15, 0.2) is 0 Å². The van der Waals surface area contributed by atoms with Gasteiger partial charge in [0.1, 0.15) is 11.5 Å². The second-order valence-electron chi connectivity index (χ2n) is 3.26. The number of aliphatic hydroxyl groups excluding tert-OH is 1. The number of hydrogen-bond donors (Lipinski definition) is 1. The van der Waals surface area contributed by atoms with Crippen LogP contribution in [0.4, 0.5) is 0 Å². The summed E-state index contributed by atoms with van der Waals surface area (Å²) in [6, 6.07) is 5.47. The highest BCUT2D eigenvalue weighted by atomic mass is 16.5. The summed E-state index contributed by atoms with van der Waals surface area (Å²) in [6.07, 6.45) is 0.0902. The quantitative estimate of drug-likeness (QED) is 0.800. The van der Waals surface area contributed by atoms with Gasteiger partial charge in [-0.05, 0) is 26.0 Å². The first-order chi connectivity index (χ1) is 6.69. The van der Waals surface area contributed by atoms with E-state index in [1.165, 1.54) is 0 Å². The lowest BCUT2D eigenvalue weighted by atomic mass is 10.2. The van der Waals surface area contributed by atoms with Gasteiger partial charge in [-0.3, -0.25) is 0 Å². The minimum absolute atomic E-state index is 0.0773. The van der Waals surface area contributed by atoms with E-state index < -0.39 is 0 Å². The van der Waals surface area contributed by atoms with Crippen molar-refractivity contribution in [3.05, 3.63) is 23.8 Å². The lowest BCUT2D eigenvalue weighted by molar-refractivity contribution is 0.221. The zero-order valence-electron chi connectivity index (χ0n) is 8.78. The Morgan fingerprint density at radius 1 is 1.29 bits per heavy atom. The lowest BCUT2D eigenvalue weighted by Crippen LogP contribution is -2.08. The number of rotatable bonds is 4. The topological polar surface area (TPSA) is 38.7 Å². The molecule has 0 aliphatic heterocycles. The summed E-state index contributed by atoms with van der Waals surface area (Å²) in [5.41, 5.74) is 0.698. The Morgan fingerprint density at radius 3 is 2.43 bits per heavy atom. The molecule has 0 radical (unpaired) electrons. The average Bonchev–Trinajstić information content (AvgIpc) is 2.16. The molecule has 0 bridgehead atoms. The molecule has 1 aromatic carbocycles. The molecule has 0 fully saturated rings. The first-order valence-electron chi connectivity index (χ1n) is 4.62. The summed E-state index contributed by atoms with van der Waals surface area (Å²) < 4.78 is 10.7. The van der Waals surface area contributed by atoms with Crippen molar-refractivity contribution >= 4 is 0 Å². The fraction of sp³-hybridized carbons (Fsp3) is 0.455. The monoisotopic (exact) mass is 196 g/mol. The zero-order chi connectivity index (χ0) is 10.6. The maximum atomic E-state index is 9.18. The minimum atomic E-state index is -0.0773. The molecular weight excluding hydrogens is 180 g/mol.